The summed E-state index contributed by atoms with van der Waals surface area (Å²) in [6.45, 7) is 2.80. The van der Waals surface area contributed by atoms with Crippen LogP contribution in [-0.2, 0) is 0 Å². The van der Waals surface area contributed by atoms with Crippen LogP contribution in [0.3, 0.4) is 0 Å². The second kappa shape index (κ2) is 6.86. The van der Waals surface area contributed by atoms with E-state index >= 15 is 0 Å². The SMILES string of the molecule is CCCCN(C)C(=O)c1cc(Cl)c(OC)c(Cl)c1. The van der Waals surface area contributed by atoms with E-state index in [0.29, 0.717) is 21.4 Å². The Balaban J connectivity index is 2.93. The first-order valence-electron chi connectivity index (χ1n) is 5.79. The summed E-state index contributed by atoms with van der Waals surface area (Å²) in [5.41, 5.74) is 0.476. The predicted molar refractivity (Wildman–Crippen MR) is 74.9 cm³/mol. The second-order valence-corrected chi connectivity index (χ2v) is 4.87. The molecule has 1 rings (SSSR count). The van der Waals surface area contributed by atoms with Gasteiger partial charge in [-0.3, -0.25) is 4.79 Å². The maximum atomic E-state index is 12.1. The minimum Gasteiger partial charge on any atom is -0.494 e. The number of hydrogen-bond acceptors (Lipinski definition) is 2. The van der Waals surface area contributed by atoms with Crippen LogP contribution in [0.15, 0.2) is 12.1 Å². The van der Waals surface area contributed by atoms with Crippen LogP contribution in [0.4, 0.5) is 0 Å². The lowest BCUT2D eigenvalue weighted by atomic mass is 10.2. The van der Waals surface area contributed by atoms with E-state index in [1.165, 1.54) is 7.11 Å². The number of ether oxygens (including phenoxy) is 1. The lowest BCUT2D eigenvalue weighted by Gasteiger charge is -2.17. The molecule has 1 aromatic rings. The molecule has 0 saturated heterocycles. The molecular formula is C13H17Cl2NO2. The van der Waals surface area contributed by atoms with E-state index in [-0.39, 0.29) is 5.91 Å². The van der Waals surface area contributed by atoms with Gasteiger partial charge < -0.3 is 9.64 Å². The van der Waals surface area contributed by atoms with Gasteiger partial charge in [0.05, 0.1) is 17.2 Å². The number of rotatable bonds is 5. The van der Waals surface area contributed by atoms with Crippen molar-refractivity contribution in [3.8, 4) is 5.75 Å². The first kappa shape index (κ1) is 15.1. The standard InChI is InChI=1S/C13H17Cl2NO2/c1-4-5-6-16(2)13(17)9-7-10(14)12(18-3)11(15)8-9/h7-8H,4-6H2,1-3H3. The molecule has 0 fully saturated rings. The van der Waals surface area contributed by atoms with Crippen molar-refractivity contribution in [1.29, 1.82) is 0 Å². The number of halogens is 2. The zero-order valence-corrected chi connectivity index (χ0v) is 12.3. The van der Waals surface area contributed by atoms with Crippen molar-refractivity contribution in [3.05, 3.63) is 27.7 Å². The van der Waals surface area contributed by atoms with Gasteiger partial charge in [0, 0.05) is 19.2 Å². The Kier molecular flexibility index (Phi) is 5.76. The van der Waals surface area contributed by atoms with Crippen molar-refractivity contribution >= 4 is 29.1 Å². The van der Waals surface area contributed by atoms with E-state index in [4.69, 9.17) is 27.9 Å². The maximum Gasteiger partial charge on any atom is 0.253 e. The van der Waals surface area contributed by atoms with Gasteiger partial charge in [-0.05, 0) is 18.6 Å². The minimum absolute atomic E-state index is 0.0881. The molecule has 1 amide bonds. The van der Waals surface area contributed by atoms with E-state index in [9.17, 15) is 4.79 Å². The van der Waals surface area contributed by atoms with Gasteiger partial charge >= 0.3 is 0 Å². The summed E-state index contributed by atoms with van der Waals surface area (Å²) in [5, 5.41) is 0.689. The summed E-state index contributed by atoms with van der Waals surface area (Å²) in [6, 6.07) is 3.16. The first-order chi connectivity index (χ1) is 8.51. The molecule has 100 valence electrons. The summed E-state index contributed by atoms with van der Waals surface area (Å²) in [6.07, 6.45) is 2.02. The molecule has 0 bridgehead atoms. The van der Waals surface area contributed by atoms with Crippen molar-refractivity contribution in [2.75, 3.05) is 20.7 Å². The van der Waals surface area contributed by atoms with Crippen LogP contribution >= 0.6 is 23.2 Å². The van der Waals surface area contributed by atoms with Gasteiger partial charge in [-0.15, -0.1) is 0 Å². The molecule has 1 aromatic carbocycles. The quantitative estimate of drug-likeness (QED) is 0.823. The third-order valence-electron chi connectivity index (χ3n) is 2.64. The minimum atomic E-state index is -0.0881. The van der Waals surface area contributed by atoms with Crippen molar-refractivity contribution in [2.24, 2.45) is 0 Å². The van der Waals surface area contributed by atoms with Gasteiger partial charge in [0.1, 0.15) is 0 Å². The number of benzene rings is 1. The second-order valence-electron chi connectivity index (χ2n) is 4.05. The highest BCUT2D eigenvalue weighted by Crippen LogP contribution is 2.34. The largest absolute Gasteiger partial charge is 0.494 e. The van der Waals surface area contributed by atoms with Gasteiger partial charge in [0.25, 0.3) is 5.91 Å². The Labute approximate surface area is 118 Å². The molecule has 0 spiro atoms. The normalized spacial score (nSPS) is 10.3. The average Bonchev–Trinajstić information content (AvgIpc) is 2.34. The van der Waals surface area contributed by atoms with Crippen molar-refractivity contribution in [1.82, 2.24) is 4.90 Å². The van der Waals surface area contributed by atoms with Crippen LogP contribution in [-0.4, -0.2) is 31.5 Å². The molecule has 0 saturated carbocycles. The number of nitrogens with zero attached hydrogens (tertiary/aromatic N) is 1. The lowest BCUT2D eigenvalue weighted by molar-refractivity contribution is 0.0793. The molecule has 0 aliphatic carbocycles. The monoisotopic (exact) mass is 289 g/mol. The number of unbranched alkanes of at least 4 members (excludes halogenated alkanes) is 1. The Morgan fingerprint density at radius 3 is 2.33 bits per heavy atom. The van der Waals surface area contributed by atoms with E-state index in [1.807, 2.05) is 0 Å². The number of hydrogen-bond donors (Lipinski definition) is 0. The molecule has 0 atom stereocenters. The summed E-state index contributed by atoms with van der Waals surface area (Å²) < 4.78 is 5.05. The average molecular weight is 290 g/mol. The van der Waals surface area contributed by atoms with Crippen LogP contribution < -0.4 is 4.74 Å². The number of carbonyl (C=O) groups excluding carboxylic acids is 1. The topological polar surface area (TPSA) is 29.5 Å². The van der Waals surface area contributed by atoms with Gasteiger partial charge in [-0.2, -0.15) is 0 Å². The third kappa shape index (κ3) is 3.53. The highest BCUT2D eigenvalue weighted by Gasteiger charge is 2.16. The molecule has 0 unspecified atom stereocenters. The Morgan fingerprint density at radius 2 is 1.89 bits per heavy atom. The molecular weight excluding hydrogens is 273 g/mol. The zero-order valence-electron chi connectivity index (χ0n) is 10.8. The van der Waals surface area contributed by atoms with Crippen LogP contribution in [0.2, 0.25) is 10.0 Å². The smallest absolute Gasteiger partial charge is 0.253 e. The van der Waals surface area contributed by atoms with E-state index < -0.39 is 0 Å². The fourth-order valence-corrected chi connectivity index (χ4v) is 2.24. The van der Waals surface area contributed by atoms with Crippen molar-refractivity contribution < 1.29 is 9.53 Å². The third-order valence-corrected chi connectivity index (χ3v) is 3.20. The van der Waals surface area contributed by atoms with Crippen molar-refractivity contribution in [3.63, 3.8) is 0 Å². The van der Waals surface area contributed by atoms with E-state index in [0.717, 1.165) is 19.4 Å². The fraction of sp³-hybridized carbons (Fsp3) is 0.462. The summed E-state index contributed by atoms with van der Waals surface area (Å²) in [7, 11) is 3.26. The van der Waals surface area contributed by atoms with Gasteiger partial charge in [-0.25, -0.2) is 0 Å². The zero-order chi connectivity index (χ0) is 13.7. The van der Waals surface area contributed by atoms with Gasteiger partial charge in [0.2, 0.25) is 0 Å². The molecule has 0 N–H and O–H groups in total. The van der Waals surface area contributed by atoms with E-state index in [1.54, 1.807) is 24.1 Å². The van der Waals surface area contributed by atoms with Crippen LogP contribution in [0.5, 0.6) is 5.75 Å². The molecule has 0 aliphatic heterocycles. The summed E-state index contributed by atoms with van der Waals surface area (Å²) in [4.78, 5) is 13.8. The fourth-order valence-electron chi connectivity index (χ4n) is 1.60. The predicted octanol–water partition coefficient (Wildman–Crippen LogP) is 3.87. The maximum absolute atomic E-state index is 12.1. The molecule has 0 heterocycles. The molecule has 0 radical (unpaired) electrons. The first-order valence-corrected chi connectivity index (χ1v) is 6.55. The Bertz CT molecular complexity index is 412. The van der Waals surface area contributed by atoms with Gasteiger partial charge in [-0.1, -0.05) is 36.5 Å². The number of carbonyl (C=O) groups is 1. The van der Waals surface area contributed by atoms with Crippen LogP contribution in [0, 0.1) is 0 Å². The Hall–Kier alpha value is -0.930. The molecule has 5 heteroatoms. The lowest BCUT2D eigenvalue weighted by Crippen LogP contribution is -2.27. The highest BCUT2D eigenvalue weighted by molar-refractivity contribution is 6.37. The molecule has 18 heavy (non-hydrogen) atoms. The number of methoxy groups -OCH3 is 1. The van der Waals surface area contributed by atoms with Crippen LogP contribution in [0.1, 0.15) is 30.1 Å². The van der Waals surface area contributed by atoms with Crippen molar-refractivity contribution in [2.45, 2.75) is 19.8 Å². The van der Waals surface area contributed by atoms with Crippen LogP contribution in [0.25, 0.3) is 0 Å². The summed E-state index contributed by atoms with van der Waals surface area (Å²) >= 11 is 12.0. The Morgan fingerprint density at radius 1 is 1.33 bits per heavy atom. The number of amides is 1. The van der Waals surface area contributed by atoms with E-state index in [2.05, 4.69) is 6.92 Å². The molecule has 0 aromatic heterocycles. The highest BCUT2D eigenvalue weighted by atomic mass is 35.5. The summed E-state index contributed by atoms with van der Waals surface area (Å²) in [5.74, 6) is 0.306. The van der Waals surface area contributed by atoms with Gasteiger partial charge in [0.15, 0.2) is 5.75 Å². The molecule has 0 aliphatic rings. The molecule has 3 nitrogen and oxygen atoms in total.